The van der Waals surface area contributed by atoms with E-state index >= 15 is 0 Å². The first-order valence-corrected chi connectivity index (χ1v) is 8.97. The Balaban J connectivity index is 0.00000312. The van der Waals surface area contributed by atoms with Crippen molar-refractivity contribution in [3.8, 4) is 0 Å². The predicted octanol–water partition coefficient (Wildman–Crippen LogP) is 3.57. The molecule has 25 heavy (non-hydrogen) atoms. The Morgan fingerprint density at radius 3 is 2.44 bits per heavy atom. The van der Waals surface area contributed by atoms with Gasteiger partial charge < -0.3 is 11.1 Å². The number of nitrogens with one attached hydrogen (secondary N) is 1. The molecule has 0 aliphatic carbocycles. The molecule has 0 fully saturated rings. The highest BCUT2D eigenvalue weighted by Crippen LogP contribution is 2.28. The van der Waals surface area contributed by atoms with Crippen molar-refractivity contribution in [2.24, 2.45) is 5.73 Å². The molecule has 2 heterocycles. The number of thiazole rings is 1. The van der Waals surface area contributed by atoms with Crippen molar-refractivity contribution in [1.82, 2.24) is 14.8 Å². The largest absolute Gasteiger partial charge is 0.330 e. The first-order chi connectivity index (χ1) is 11.0. The van der Waals surface area contributed by atoms with E-state index in [-0.39, 0.29) is 29.3 Å². The summed E-state index contributed by atoms with van der Waals surface area (Å²) in [6.45, 7) is 13.0. The fourth-order valence-corrected chi connectivity index (χ4v) is 2.98. The van der Waals surface area contributed by atoms with Crippen LogP contribution < -0.4 is 11.1 Å². The number of carbonyl (C=O) groups excluding carboxylic acids is 1. The molecule has 3 N–H and O–H groups in total. The number of nitrogens with zero attached hydrogens (tertiary/aromatic N) is 3. The zero-order chi connectivity index (χ0) is 18.1. The molecule has 0 saturated heterocycles. The minimum Gasteiger partial charge on any atom is -0.330 e. The lowest BCUT2D eigenvalue weighted by molar-refractivity contribution is 0.102. The maximum Gasteiger partial charge on any atom is 0.276 e. The van der Waals surface area contributed by atoms with E-state index < -0.39 is 0 Å². The van der Waals surface area contributed by atoms with Gasteiger partial charge in [0.05, 0.1) is 16.2 Å². The topological polar surface area (TPSA) is 85.8 Å². The maximum atomic E-state index is 12.5. The van der Waals surface area contributed by atoms with Crippen LogP contribution in [0.15, 0.2) is 11.4 Å². The Morgan fingerprint density at radius 2 is 1.92 bits per heavy atom. The van der Waals surface area contributed by atoms with Gasteiger partial charge >= 0.3 is 0 Å². The van der Waals surface area contributed by atoms with Crippen LogP contribution in [-0.2, 0) is 17.4 Å². The highest BCUT2D eigenvalue weighted by Gasteiger charge is 2.26. The summed E-state index contributed by atoms with van der Waals surface area (Å²) in [6, 6.07) is 1.94. The van der Waals surface area contributed by atoms with Crippen LogP contribution in [0.2, 0.25) is 0 Å². The van der Waals surface area contributed by atoms with E-state index in [0.717, 1.165) is 10.7 Å². The number of hydrogen-bond acceptors (Lipinski definition) is 5. The second-order valence-corrected chi connectivity index (χ2v) is 8.81. The third-order valence-corrected chi connectivity index (χ3v) is 4.41. The van der Waals surface area contributed by atoms with Crippen LogP contribution in [0.1, 0.15) is 62.7 Å². The minimum absolute atomic E-state index is 0. The molecule has 0 spiro atoms. The molecular formula is C17H28ClN5OS. The Bertz CT molecular complexity index is 724. The summed E-state index contributed by atoms with van der Waals surface area (Å²) < 4.78 is 1.86. The Labute approximate surface area is 159 Å². The van der Waals surface area contributed by atoms with Crippen LogP contribution in [0.3, 0.4) is 0 Å². The van der Waals surface area contributed by atoms with E-state index in [1.165, 1.54) is 11.3 Å². The fraction of sp³-hybridized carbons (Fsp3) is 0.588. The standard InChI is InChI=1S/C17H27N5OS.ClH/c1-16(2,3)12-9-13(22(21-12)17(4,5)6)20-15(23)11-10-24-14(19-11)7-8-18;/h9-10H,7-8,18H2,1-6H3,(H,20,23);1H. The summed E-state index contributed by atoms with van der Waals surface area (Å²) in [4.78, 5) is 16.9. The second-order valence-electron chi connectivity index (χ2n) is 7.87. The highest BCUT2D eigenvalue weighted by molar-refractivity contribution is 7.09. The molecule has 2 rings (SSSR count). The summed E-state index contributed by atoms with van der Waals surface area (Å²) in [5, 5.41) is 10.3. The van der Waals surface area contributed by atoms with Crippen LogP contribution in [0, 0.1) is 0 Å². The molecule has 0 aliphatic rings. The van der Waals surface area contributed by atoms with Gasteiger partial charge in [-0.15, -0.1) is 23.7 Å². The quantitative estimate of drug-likeness (QED) is 0.842. The van der Waals surface area contributed by atoms with E-state index in [1.807, 2.05) is 10.7 Å². The van der Waals surface area contributed by atoms with Crippen molar-refractivity contribution in [1.29, 1.82) is 0 Å². The predicted molar refractivity (Wildman–Crippen MR) is 106 cm³/mol. The van der Waals surface area contributed by atoms with Gasteiger partial charge in [-0.25, -0.2) is 9.67 Å². The van der Waals surface area contributed by atoms with Gasteiger partial charge in [0.2, 0.25) is 0 Å². The number of hydrogen-bond donors (Lipinski definition) is 2. The summed E-state index contributed by atoms with van der Waals surface area (Å²) in [5.74, 6) is 0.464. The highest BCUT2D eigenvalue weighted by atomic mass is 35.5. The molecular weight excluding hydrogens is 358 g/mol. The van der Waals surface area contributed by atoms with Crippen molar-refractivity contribution >= 4 is 35.5 Å². The first kappa shape index (κ1) is 21.6. The Hall–Kier alpha value is -1.44. The Morgan fingerprint density at radius 1 is 1.28 bits per heavy atom. The monoisotopic (exact) mass is 385 g/mol. The summed E-state index contributed by atoms with van der Waals surface area (Å²) in [6.07, 6.45) is 0.687. The lowest BCUT2D eigenvalue weighted by Gasteiger charge is -2.22. The van der Waals surface area contributed by atoms with Crippen molar-refractivity contribution in [3.05, 3.63) is 27.8 Å². The number of aromatic nitrogens is 3. The van der Waals surface area contributed by atoms with E-state index in [4.69, 9.17) is 10.8 Å². The molecule has 0 bridgehead atoms. The molecule has 6 nitrogen and oxygen atoms in total. The van der Waals surface area contributed by atoms with Crippen LogP contribution in [0.4, 0.5) is 5.82 Å². The molecule has 1 amide bonds. The van der Waals surface area contributed by atoms with Gasteiger partial charge in [0.1, 0.15) is 11.5 Å². The van der Waals surface area contributed by atoms with Gasteiger partial charge in [0.15, 0.2) is 0 Å². The van der Waals surface area contributed by atoms with Crippen LogP contribution in [0.25, 0.3) is 0 Å². The smallest absolute Gasteiger partial charge is 0.276 e. The van der Waals surface area contributed by atoms with E-state index in [1.54, 1.807) is 5.38 Å². The molecule has 0 saturated carbocycles. The Kier molecular flexibility index (Phi) is 6.78. The summed E-state index contributed by atoms with van der Waals surface area (Å²) in [7, 11) is 0. The normalized spacial score (nSPS) is 12.0. The first-order valence-electron chi connectivity index (χ1n) is 8.09. The van der Waals surface area contributed by atoms with Crippen LogP contribution in [0.5, 0.6) is 0 Å². The maximum absolute atomic E-state index is 12.5. The zero-order valence-electron chi connectivity index (χ0n) is 15.7. The van der Waals surface area contributed by atoms with Gasteiger partial charge in [-0.1, -0.05) is 20.8 Å². The third-order valence-electron chi connectivity index (χ3n) is 3.50. The second kappa shape index (κ2) is 7.85. The molecule has 2 aromatic heterocycles. The molecule has 0 atom stereocenters. The minimum atomic E-state index is -0.237. The van der Waals surface area contributed by atoms with Gasteiger partial charge in [-0.2, -0.15) is 5.10 Å². The number of anilines is 1. The summed E-state index contributed by atoms with van der Waals surface area (Å²) in [5.41, 5.74) is 6.56. The fourth-order valence-electron chi connectivity index (χ4n) is 2.18. The van der Waals surface area contributed by atoms with Crippen molar-refractivity contribution in [2.75, 3.05) is 11.9 Å². The lowest BCUT2D eigenvalue weighted by Crippen LogP contribution is -2.27. The zero-order valence-corrected chi connectivity index (χ0v) is 17.3. The van der Waals surface area contributed by atoms with Crippen molar-refractivity contribution in [2.45, 2.75) is 58.9 Å². The molecule has 0 aliphatic heterocycles. The third kappa shape index (κ3) is 5.26. The van der Waals surface area contributed by atoms with E-state index in [2.05, 4.69) is 51.8 Å². The van der Waals surface area contributed by atoms with Gasteiger partial charge in [0.25, 0.3) is 5.91 Å². The average molecular weight is 386 g/mol. The molecule has 140 valence electrons. The number of carbonyl (C=O) groups is 1. The van der Waals surface area contributed by atoms with Crippen LogP contribution in [-0.4, -0.2) is 27.2 Å². The van der Waals surface area contributed by atoms with Gasteiger partial charge in [0, 0.05) is 23.3 Å². The average Bonchev–Trinajstić information content (AvgIpc) is 3.04. The summed E-state index contributed by atoms with van der Waals surface area (Å²) >= 11 is 1.46. The van der Waals surface area contributed by atoms with Gasteiger partial charge in [-0.3, -0.25) is 4.79 Å². The molecule has 0 radical (unpaired) electrons. The molecule has 8 heteroatoms. The lowest BCUT2D eigenvalue weighted by atomic mass is 9.92. The molecule has 2 aromatic rings. The molecule has 0 aromatic carbocycles. The molecule has 0 unspecified atom stereocenters. The SMILES string of the molecule is CC(C)(C)c1cc(NC(=O)c2csc(CCN)n2)n(C(C)(C)C)n1.Cl. The number of halogens is 1. The van der Waals surface area contributed by atoms with Crippen LogP contribution >= 0.6 is 23.7 Å². The number of nitrogens with two attached hydrogens (primary N) is 1. The van der Waals surface area contributed by atoms with Crippen molar-refractivity contribution < 1.29 is 4.79 Å². The van der Waals surface area contributed by atoms with Gasteiger partial charge in [-0.05, 0) is 27.3 Å². The number of amides is 1. The number of rotatable bonds is 4. The van der Waals surface area contributed by atoms with E-state index in [0.29, 0.717) is 24.5 Å². The van der Waals surface area contributed by atoms with E-state index in [9.17, 15) is 4.79 Å². The van der Waals surface area contributed by atoms with Crippen molar-refractivity contribution in [3.63, 3.8) is 0 Å².